The van der Waals surface area contributed by atoms with E-state index in [-0.39, 0.29) is 0 Å². The van der Waals surface area contributed by atoms with Gasteiger partial charge in [0.25, 0.3) is 0 Å². The second-order valence-corrected chi connectivity index (χ2v) is 5.74. The first kappa shape index (κ1) is 4.31. The number of sulfone groups is 1. The molecule has 0 bridgehead atoms. The largest absolute Gasteiger partial charge is 0.303 e. The van der Waals surface area contributed by atoms with Crippen LogP contribution in [0.4, 0.5) is 0 Å². The lowest BCUT2D eigenvalue weighted by atomic mass is 9.90. The third kappa shape index (κ3) is 3.80. The summed E-state index contributed by atoms with van der Waals surface area (Å²) in [5.41, 5.74) is -0.829. The highest BCUT2D eigenvalue weighted by Gasteiger charge is 2.21. The minimum absolute atomic E-state index is 0.533. The number of hydrogen-bond donors (Lipinski definition) is 0. The average molecular weight is 298 g/mol. The summed E-state index contributed by atoms with van der Waals surface area (Å²) in [6.45, 7) is -16.1. The van der Waals surface area contributed by atoms with Crippen molar-refractivity contribution < 1.29 is 30.3 Å². The van der Waals surface area contributed by atoms with Crippen LogP contribution in [-0.4, -0.2) is 39.1 Å². The summed E-state index contributed by atoms with van der Waals surface area (Å²) in [6.07, 6.45) is -11.1. The Bertz CT molecular complexity index is 1110. The lowest BCUT2D eigenvalue weighted by Crippen LogP contribution is -2.34. The quantitative estimate of drug-likeness (QED) is 0.857. The number of piperidine rings is 1. The molecule has 0 aromatic heterocycles. The van der Waals surface area contributed by atoms with Gasteiger partial charge in [0.2, 0.25) is 0 Å². The van der Waals surface area contributed by atoms with E-state index in [0.29, 0.717) is 6.07 Å². The number of likely N-dealkylation sites (tertiary alicyclic amines) is 1. The molecule has 0 N–H and O–H groups in total. The van der Waals surface area contributed by atoms with Gasteiger partial charge in [-0.1, -0.05) is 19.0 Å². The van der Waals surface area contributed by atoms with E-state index in [1.807, 2.05) is 0 Å². The van der Waals surface area contributed by atoms with E-state index in [0.717, 1.165) is 24.5 Å². The van der Waals surface area contributed by atoms with Crippen LogP contribution in [0.1, 0.15) is 59.4 Å². The molecule has 0 saturated carbocycles. The average Bonchev–Trinajstić information content (AvgIpc) is 2.63. The summed E-state index contributed by atoms with van der Waals surface area (Å²) in [5.74, 6) is -3.64. The van der Waals surface area contributed by atoms with E-state index < -0.39 is 76.6 Å². The zero-order valence-electron chi connectivity index (χ0n) is 26.0. The Morgan fingerprint density at radius 2 is 2.47 bits per heavy atom. The molecule has 1 heterocycles. The summed E-state index contributed by atoms with van der Waals surface area (Å²) >= 11 is 0. The summed E-state index contributed by atoms with van der Waals surface area (Å²) in [7, 11) is -4.02. The molecule has 106 valence electrons. The second-order valence-electron chi connectivity index (χ2n) is 3.72. The highest BCUT2D eigenvalue weighted by Crippen LogP contribution is 2.28. The maximum Gasteiger partial charge on any atom is 0.175 e. The molecule has 3 nitrogen and oxygen atoms in total. The predicted molar refractivity (Wildman–Crippen MR) is 78.3 cm³/mol. The molecule has 1 aliphatic heterocycles. The Morgan fingerprint density at radius 1 is 1.63 bits per heavy atom. The molecule has 1 aliphatic rings. The van der Waals surface area contributed by atoms with Gasteiger partial charge in [-0.2, -0.15) is 0 Å². The fourth-order valence-corrected chi connectivity index (χ4v) is 2.11. The van der Waals surface area contributed by atoms with Gasteiger partial charge in [0, 0.05) is 34.7 Å². The summed E-state index contributed by atoms with van der Waals surface area (Å²) in [6, 6.07) is 3.53. The van der Waals surface area contributed by atoms with Gasteiger partial charge in [-0.25, -0.2) is 8.42 Å². The Labute approximate surface area is 139 Å². The van der Waals surface area contributed by atoms with Gasteiger partial charge in [-0.05, 0) is 55.7 Å². The van der Waals surface area contributed by atoms with E-state index >= 15 is 0 Å². The van der Waals surface area contributed by atoms with Crippen LogP contribution in [0.3, 0.4) is 0 Å². The normalized spacial score (nSPS) is 50.6. The highest BCUT2D eigenvalue weighted by atomic mass is 32.2. The van der Waals surface area contributed by atoms with Crippen LogP contribution in [0.25, 0.3) is 0 Å². The maximum absolute atomic E-state index is 12.0. The molecule has 0 amide bonds. The van der Waals surface area contributed by atoms with Gasteiger partial charge in [-0.3, -0.25) is 0 Å². The molecule has 1 saturated heterocycles. The van der Waals surface area contributed by atoms with Crippen molar-refractivity contribution in [2.45, 2.75) is 36.8 Å². The molecule has 4 heteroatoms. The second kappa shape index (κ2) is 6.06. The standard InChI is InChI=1S/C15H23NO2S/c1-3-9-16-10-5-7-14(12-16)13-6-4-8-15(11-13)19(2,17)18/h4,6,8,11,14H,3,5,7,9-10,12H2,1-2H3/i1D3,3D2,5D2,7D2,9D2,10D2,12D2,14D. The highest BCUT2D eigenvalue weighted by molar-refractivity contribution is 7.90. The monoisotopic (exact) mass is 297 g/mol. The minimum atomic E-state index is -4.18. The van der Waals surface area contributed by atoms with Crippen LogP contribution in [0.5, 0.6) is 0 Å². The van der Waals surface area contributed by atoms with Crippen molar-refractivity contribution in [3.63, 3.8) is 0 Å². The van der Waals surface area contributed by atoms with E-state index in [4.69, 9.17) is 21.9 Å². The summed E-state index contributed by atoms with van der Waals surface area (Å²) < 4.78 is 154. The van der Waals surface area contributed by atoms with E-state index in [9.17, 15) is 8.42 Å². The van der Waals surface area contributed by atoms with E-state index in [1.54, 1.807) is 0 Å². The molecule has 0 spiro atoms. The van der Waals surface area contributed by atoms with Crippen molar-refractivity contribution in [1.29, 1.82) is 0 Å². The number of rotatable bonds is 4. The Hall–Kier alpha value is -0.870. The van der Waals surface area contributed by atoms with Crippen LogP contribution >= 0.6 is 0 Å². The number of hydrogen-bond acceptors (Lipinski definition) is 3. The van der Waals surface area contributed by atoms with Gasteiger partial charge in [0.15, 0.2) is 9.84 Å². The molecular formula is C15H23NO2S. The van der Waals surface area contributed by atoms with Gasteiger partial charge in [-0.15, -0.1) is 0 Å². The first-order valence-corrected chi connectivity index (χ1v) is 7.08. The van der Waals surface area contributed by atoms with Gasteiger partial charge < -0.3 is 4.90 Å². The lowest BCUT2D eigenvalue weighted by Gasteiger charge is -2.32. The Kier molecular flexibility index (Phi) is 1.37. The van der Waals surface area contributed by atoms with Crippen molar-refractivity contribution >= 4 is 9.84 Å². The fraction of sp³-hybridized carbons (Fsp3) is 0.600. The molecule has 19 heavy (non-hydrogen) atoms. The van der Waals surface area contributed by atoms with Gasteiger partial charge in [0.1, 0.15) is 0 Å². The van der Waals surface area contributed by atoms with Crippen LogP contribution in [0, 0.1) is 0 Å². The van der Waals surface area contributed by atoms with Crippen molar-refractivity contribution in [2.75, 3.05) is 25.7 Å². The Balaban J connectivity index is 3.07. The molecule has 1 aromatic carbocycles. The number of benzene rings is 1. The van der Waals surface area contributed by atoms with Crippen molar-refractivity contribution in [3.8, 4) is 0 Å². The first-order chi connectivity index (χ1) is 15.1. The zero-order valence-corrected chi connectivity index (χ0v) is 10.8. The van der Waals surface area contributed by atoms with Crippen molar-refractivity contribution in [3.05, 3.63) is 29.8 Å². The van der Waals surface area contributed by atoms with Gasteiger partial charge >= 0.3 is 0 Å². The molecule has 1 atom stereocenters. The minimum Gasteiger partial charge on any atom is -0.303 e. The van der Waals surface area contributed by atoms with Crippen LogP contribution in [0.2, 0.25) is 0 Å². The molecule has 1 unspecified atom stereocenters. The molecule has 0 radical (unpaired) electrons. The van der Waals surface area contributed by atoms with Crippen LogP contribution in [0.15, 0.2) is 29.2 Å². The molecule has 2 rings (SSSR count). The molecular weight excluding hydrogens is 258 g/mol. The first-order valence-electron chi connectivity index (χ1n) is 13.2. The third-order valence-electron chi connectivity index (χ3n) is 2.30. The topological polar surface area (TPSA) is 37.4 Å². The van der Waals surface area contributed by atoms with E-state index in [1.165, 1.54) is 0 Å². The maximum atomic E-state index is 12.0. The molecule has 1 fully saturated rings. The number of nitrogens with zero attached hydrogens (tertiary/aromatic N) is 1. The SMILES string of the molecule is [2H]C([2H])([2H])C([2H])([2H])C([2H])([2H])N1C([2H])([2H])C([2H])([2H])C([2H])([2H])C([2H])(c2cccc(S(C)(=O)=O)c2)C1([2H])[2H]. The fourth-order valence-electron chi connectivity index (χ4n) is 1.44. The molecule has 0 aliphatic carbocycles. The van der Waals surface area contributed by atoms with Crippen LogP contribution in [-0.2, 0) is 9.84 Å². The zero-order chi connectivity index (χ0) is 28.1. The summed E-state index contributed by atoms with van der Waals surface area (Å²) in [5, 5.41) is 0. The Morgan fingerprint density at radius 3 is 3.21 bits per heavy atom. The van der Waals surface area contributed by atoms with E-state index in [2.05, 4.69) is 0 Å². The van der Waals surface area contributed by atoms with Gasteiger partial charge in [0.05, 0.1) is 4.90 Å². The van der Waals surface area contributed by atoms with Crippen LogP contribution < -0.4 is 0 Å². The summed E-state index contributed by atoms with van der Waals surface area (Å²) in [4.78, 5) is -1.27. The van der Waals surface area contributed by atoms with Crippen molar-refractivity contribution in [2.24, 2.45) is 0 Å². The predicted octanol–water partition coefficient (Wildman–Crippen LogP) is 2.68. The van der Waals surface area contributed by atoms with Crippen molar-refractivity contribution in [1.82, 2.24) is 4.90 Å². The third-order valence-corrected chi connectivity index (χ3v) is 3.41. The molecule has 1 aromatic rings. The lowest BCUT2D eigenvalue weighted by molar-refractivity contribution is 0.208. The smallest absolute Gasteiger partial charge is 0.175 e.